The number of carbonyl (C=O) groups is 1. The van der Waals surface area contributed by atoms with E-state index in [4.69, 9.17) is 21.1 Å². The SMILES string of the molecule is COc1cccc(N(Cc2ccc(C(=O)NCCOc3ccc(Cl)cc3)cc2)S(C)(=O)=O)c1. The molecule has 3 aromatic rings. The van der Waals surface area contributed by atoms with Crippen LogP contribution in [0.3, 0.4) is 0 Å². The molecule has 0 aliphatic rings. The quantitative estimate of drug-likeness (QED) is 0.434. The molecular weight excluding hydrogens is 464 g/mol. The lowest BCUT2D eigenvalue weighted by Crippen LogP contribution is -2.29. The van der Waals surface area contributed by atoms with E-state index >= 15 is 0 Å². The average molecular weight is 489 g/mol. The Morgan fingerprint density at radius 1 is 1.00 bits per heavy atom. The van der Waals surface area contributed by atoms with Gasteiger partial charge in [-0.2, -0.15) is 0 Å². The number of sulfonamides is 1. The third-order valence-corrected chi connectivity index (χ3v) is 6.15. The number of ether oxygens (including phenoxy) is 2. The lowest BCUT2D eigenvalue weighted by atomic mass is 10.1. The summed E-state index contributed by atoms with van der Waals surface area (Å²) >= 11 is 5.84. The third-order valence-electron chi connectivity index (χ3n) is 4.75. The molecular formula is C24H25ClN2O5S. The largest absolute Gasteiger partial charge is 0.497 e. The summed E-state index contributed by atoms with van der Waals surface area (Å²) < 4.78 is 36.8. The molecule has 7 nitrogen and oxygen atoms in total. The number of rotatable bonds is 10. The molecule has 1 amide bonds. The van der Waals surface area contributed by atoms with E-state index in [0.717, 1.165) is 11.8 Å². The van der Waals surface area contributed by atoms with E-state index in [-0.39, 0.29) is 12.5 Å². The van der Waals surface area contributed by atoms with Gasteiger partial charge in [-0.05, 0) is 54.1 Å². The van der Waals surface area contributed by atoms with Crippen molar-refractivity contribution in [1.29, 1.82) is 0 Å². The van der Waals surface area contributed by atoms with Gasteiger partial charge in [-0.25, -0.2) is 8.42 Å². The Kier molecular flexibility index (Phi) is 8.19. The summed E-state index contributed by atoms with van der Waals surface area (Å²) in [6, 6.07) is 20.6. The molecule has 0 aromatic heterocycles. The van der Waals surface area contributed by atoms with E-state index in [1.165, 1.54) is 11.4 Å². The first-order valence-electron chi connectivity index (χ1n) is 10.1. The van der Waals surface area contributed by atoms with Gasteiger partial charge in [0.05, 0.1) is 32.1 Å². The van der Waals surface area contributed by atoms with Gasteiger partial charge < -0.3 is 14.8 Å². The maximum atomic E-state index is 12.4. The molecule has 0 unspecified atom stereocenters. The molecule has 0 heterocycles. The first-order chi connectivity index (χ1) is 15.8. The summed E-state index contributed by atoms with van der Waals surface area (Å²) in [6.07, 6.45) is 1.15. The smallest absolute Gasteiger partial charge is 0.251 e. The molecule has 0 radical (unpaired) electrons. The Morgan fingerprint density at radius 2 is 1.70 bits per heavy atom. The van der Waals surface area contributed by atoms with Crippen LogP contribution in [0.5, 0.6) is 11.5 Å². The maximum absolute atomic E-state index is 12.4. The lowest BCUT2D eigenvalue weighted by Gasteiger charge is -2.23. The summed E-state index contributed by atoms with van der Waals surface area (Å²) in [6.45, 7) is 0.777. The minimum Gasteiger partial charge on any atom is -0.497 e. The molecule has 1 N–H and O–H groups in total. The Hall–Kier alpha value is -3.23. The number of hydrogen-bond donors (Lipinski definition) is 1. The van der Waals surface area contributed by atoms with Crippen LogP contribution in [-0.4, -0.2) is 40.8 Å². The first-order valence-corrected chi connectivity index (χ1v) is 12.4. The summed E-state index contributed by atoms with van der Waals surface area (Å²) in [5, 5.41) is 3.42. The van der Waals surface area contributed by atoms with Gasteiger partial charge in [0, 0.05) is 16.7 Å². The summed E-state index contributed by atoms with van der Waals surface area (Å²) in [5.41, 5.74) is 1.71. The minimum absolute atomic E-state index is 0.128. The van der Waals surface area contributed by atoms with Crippen molar-refractivity contribution in [3.8, 4) is 11.5 Å². The zero-order valence-electron chi connectivity index (χ0n) is 18.3. The Balaban J connectivity index is 1.58. The molecule has 0 spiro atoms. The normalized spacial score (nSPS) is 11.0. The number of carbonyl (C=O) groups excluding carboxylic acids is 1. The van der Waals surface area contributed by atoms with Crippen molar-refractivity contribution in [2.24, 2.45) is 0 Å². The molecule has 0 fully saturated rings. The molecule has 0 saturated carbocycles. The summed E-state index contributed by atoms with van der Waals surface area (Å²) in [5.74, 6) is 0.992. The molecule has 0 bridgehead atoms. The molecule has 3 rings (SSSR count). The van der Waals surface area contributed by atoms with Crippen LogP contribution in [0.2, 0.25) is 5.02 Å². The fraction of sp³-hybridized carbons (Fsp3) is 0.208. The van der Waals surface area contributed by atoms with Crippen molar-refractivity contribution < 1.29 is 22.7 Å². The van der Waals surface area contributed by atoms with Crippen molar-refractivity contribution in [2.45, 2.75) is 6.54 Å². The third kappa shape index (κ3) is 7.13. The van der Waals surface area contributed by atoms with Crippen LogP contribution in [0.1, 0.15) is 15.9 Å². The zero-order valence-corrected chi connectivity index (χ0v) is 19.9. The van der Waals surface area contributed by atoms with E-state index in [1.54, 1.807) is 72.8 Å². The van der Waals surface area contributed by atoms with Gasteiger partial charge in [-0.15, -0.1) is 0 Å². The predicted molar refractivity (Wildman–Crippen MR) is 130 cm³/mol. The van der Waals surface area contributed by atoms with Crippen LogP contribution in [0.15, 0.2) is 72.8 Å². The Morgan fingerprint density at radius 3 is 2.33 bits per heavy atom. The van der Waals surface area contributed by atoms with Gasteiger partial charge in [0.2, 0.25) is 10.0 Å². The molecule has 0 aliphatic carbocycles. The molecule has 0 aliphatic heterocycles. The number of anilines is 1. The van der Waals surface area contributed by atoms with E-state index in [9.17, 15) is 13.2 Å². The van der Waals surface area contributed by atoms with Crippen LogP contribution < -0.4 is 19.1 Å². The van der Waals surface area contributed by atoms with Crippen molar-refractivity contribution in [1.82, 2.24) is 5.32 Å². The zero-order chi connectivity index (χ0) is 23.8. The minimum atomic E-state index is -3.53. The Bertz CT molecular complexity index is 1180. The van der Waals surface area contributed by atoms with E-state index < -0.39 is 10.0 Å². The number of halogens is 1. The fourth-order valence-corrected chi connectivity index (χ4v) is 4.07. The van der Waals surface area contributed by atoms with Crippen LogP contribution >= 0.6 is 11.6 Å². The summed E-state index contributed by atoms with van der Waals surface area (Å²) in [4.78, 5) is 12.4. The van der Waals surface area contributed by atoms with Crippen LogP contribution in [-0.2, 0) is 16.6 Å². The first kappa shape index (κ1) is 24.4. The van der Waals surface area contributed by atoms with Gasteiger partial charge >= 0.3 is 0 Å². The standard InChI is InChI=1S/C24H25ClN2O5S/c1-31-23-5-3-4-21(16-23)27(33(2,29)30)17-18-6-8-19(9-7-18)24(28)26-14-15-32-22-12-10-20(25)11-13-22/h3-13,16H,14-15,17H2,1-2H3,(H,26,28). The Labute approximate surface area is 198 Å². The van der Waals surface area contributed by atoms with Crippen molar-refractivity contribution >= 4 is 33.2 Å². The highest BCUT2D eigenvalue weighted by molar-refractivity contribution is 7.92. The van der Waals surface area contributed by atoms with Gasteiger partial charge in [0.25, 0.3) is 5.91 Å². The number of methoxy groups -OCH3 is 1. The molecule has 3 aromatic carbocycles. The van der Waals surface area contributed by atoms with Crippen molar-refractivity contribution in [3.05, 3.63) is 88.9 Å². The van der Waals surface area contributed by atoms with Gasteiger partial charge in [-0.1, -0.05) is 29.8 Å². The molecule has 0 atom stereocenters. The number of amides is 1. The van der Waals surface area contributed by atoms with Gasteiger partial charge in [-0.3, -0.25) is 9.10 Å². The molecule has 174 valence electrons. The predicted octanol–water partition coefficient (Wildman–Crippen LogP) is 4.12. The van der Waals surface area contributed by atoms with Crippen LogP contribution in [0.25, 0.3) is 0 Å². The second kappa shape index (κ2) is 11.1. The van der Waals surface area contributed by atoms with E-state index in [2.05, 4.69) is 5.32 Å². The van der Waals surface area contributed by atoms with Gasteiger partial charge in [0.15, 0.2) is 0 Å². The lowest BCUT2D eigenvalue weighted by molar-refractivity contribution is 0.0947. The average Bonchev–Trinajstić information content (AvgIpc) is 2.81. The highest BCUT2D eigenvalue weighted by Gasteiger charge is 2.18. The fourth-order valence-electron chi connectivity index (χ4n) is 3.06. The second-order valence-corrected chi connectivity index (χ2v) is 9.57. The second-order valence-electron chi connectivity index (χ2n) is 7.23. The van der Waals surface area contributed by atoms with Crippen LogP contribution in [0.4, 0.5) is 5.69 Å². The summed E-state index contributed by atoms with van der Waals surface area (Å²) in [7, 11) is -2.01. The molecule has 9 heteroatoms. The highest BCUT2D eigenvalue weighted by atomic mass is 35.5. The number of benzene rings is 3. The number of hydrogen-bond acceptors (Lipinski definition) is 5. The van der Waals surface area contributed by atoms with E-state index in [0.29, 0.717) is 40.9 Å². The van der Waals surface area contributed by atoms with Crippen molar-refractivity contribution in [3.63, 3.8) is 0 Å². The topological polar surface area (TPSA) is 84.9 Å². The number of nitrogens with one attached hydrogen (secondary N) is 1. The monoisotopic (exact) mass is 488 g/mol. The van der Waals surface area contributed by atoms with Crippen LogP contribution in [0, 0.1) is 0 Å². The van der Waals surface area contributed by atoms with Crippen molar-refractivity contribution in [2.75, 3.05) is 30.8 Å². The highest BCUT2D eigenvalue weighted by Crippen LogP contribution is 2.25. The number of nitrogens with zero attached hydrogens (tertiary/aromatic N) is 1. The molecule has 33 heavy (non-hydrogen) atoms. The van der Waals surface area contributed by atoms with Gasteiger partial charge in [0.1, 0.15) is 18.1 Å². The molecule has 0 saturated heterocycles. The van der Waals surface area contributed by atoms with E-state index in [1.807, 2.05) is 0 Å². The maximum Gasteiger partial charge on any atom is 0.251 e.